The third-order valence-electron chi connectivity index (χ3n) is 6.70. The van der Waals surface area contributed by atoms with Gasteiger partial charge in [0.15, 0.2) is 0 Å². The highest BCUT2D eigenvalue weighted by Gasteiger charge is 2.29. The van der Waals surface area contributed by atoms with Gasteiger partial charge in [0.05, 0.1) is 18.2 Å². The average molecular weight is 420 g/mol. The molecule has 1 saturated carbocycles. The summed E-state index contributed by atoms with van der Waals surface area (Å²) in [5.74, 6) is 1.72. The first-order valence-electron chi connectivity index (χ1n) is 10.8. The summed E-state index contributed by atoms with van der Waals surface area (Å²) in [5, 5.41) is 1.02. The third kappa shape index (κ3) is 4.26. The van der Waals surface area contributed by atoms with Crippen LogP contribution in [0, 0.1) is 5.92 Å². The summed E-state index contributed by atoms with van der Waals surface area (Å²) in [6, 6.07) is 6.48. The van der Waals surface area contributed by atoms with Gasteiger partial charge in [-0.3, -0.25) is 9.69 Å². The van der Waals surface area contributed by atoms with E-state index in [4.69, 9.17) is 4.74 Å². The van der Waals surface area contributed by atoms with Crippen LogP contribution in [0.25, 0.3) is 10.9 Å². The molecule has 1 atom stereocenters. The van der Waals surface area contributed by atoms with Crippen molar-refractivity contribution in [2.75, 3.05) is 33.3 Å². The highest BCUT2D eigenvalue weighted by molar-refractivity contribution is 6.08. The van der Waals surface area contributed by atoms with Gasteiger partial charge in [0, 0.05) is 43.8 Å². The number of halogens is 1. The molecule has 29 heavy (non-hydrogen) atoms. The second kappa shape index (κ2) is 9.40. The Morgan fingerprint density at radius 2 is 1.97 bits per heavy atom. The number of likely N-dealkylation sites (N-methyl/N-ethyl adjacent to an activating group) is 1. The van der Waals surface area contributed by atoms with Crippen molar-refractivity contribution in [3.05, 3.63) is 30.0 Å². The van der Waals surface area contributed by atoms with Crippen LogP contribution in [0.4, 0.5) is 0 Å². The number of carbonyl (C=O) groups excluding carboxylic acids is 1. The Morgan fingerprint density at radius 3 is 2.62 bits per heavy atom. The molecule has 1 saturated heterocycles. The second-order valence-electron chi connectivity index (χ2n) is 8.43. The van der Waals surface area contributed by atoms with E-state index in [1.165, 1.54) is 25.7 Å². The van der Waals surface area contributed by atoms with E-state index in [1.54, 1.807) is 7.11 Å². The van der Waals surface area contributed by atoms with E-state index in [9.17, 15) is 4.79 Å². The SMILES string of the molecule is CCN1CCN(C(=O)c2cn(CC3CCCC3)c3c(OC)cccc23)C[C@@H]1C.Cl. The number of para-hydroxylation sites is 1. The Labute approximate surface area is 180 Å². The molecule has 1 aromatic carbocycles. The molecule has 0 spiro atoms. The molecule has 6 heteroatoms. The van der Waals surface area contributed by atoms with Crippen molar-refractivity contribution in [3.8, 4) is 5.75 Å². The van der Waals surface area contributed by atoms with E-state index in [0.29, 0.717) is 12.0 Å². The van der Waals surface area contributed by atoms with Crippen LogP contribution >= 0.6 is 12.4 Å². The molecule has 2 heterocycles. The van der Waals surface area contributed by atoms with Gasteiger partial charge in [-0.2, -0.15) is 0 Å². The summed E-state index contributed by atoms with van der Waals surface area (Å²) in [6.45, 7) is 8.98. The molecule has 1 aromatic heterocycles. The van der Waals surface area contributed by atoms with Crippen molar-refractivity contribution < 1.29 is 9.53 Å². The molecule has 4 rings (SSSR count). The van der Waals surface area contributed by atoms with E-state index in [2.05, 4.69) is 35.6 Å². The first-order valence-corrected chi connectivity index (χ1v) is 10.8. The van der Waals surface area contributed by atoms with Crippen molar-refractivity contribution in [1.82, 2.24) is 14.4 Å². The molecule has 0 unspecified atom stereocenters. The Kier molecular flexibility index (Phi) is 7.12. The number of aromatic nitrogens is 1. The molecule has 0 bridgehead atoms. The minimum atomic E-state index is 0. The normalized spacial score (nSPS) is 20.8. The van der Waals surface area contributed by atoms with Gasteiger partial charge in [0.2, 0.25) is 0 Å². The number of carbonyl (C=O) groups is 1. The molecule has 1 aliphatic heterocycles. The van der Waals surface area contributed by atoms with Gasteiger partial charge in [-0.1, -0.05) is 31.9 Å². The zero-order valence-corrected chi connectivity index (χ0v) is 18.7. The van der Waals surface area contributed by atoms with Crippen LogP contribution in [-0.2, 0) is 6.54 Å². The van der Waals surface area contributed by atoms with Crippen molar-refractivity contribution in [1.29, 1.82) is 0 Å². The van der Waals surface area contributed by atoms with Crippen LogP contribution in [0.2, 0.25) is 0 Å². The quantitative estimate of drug-likeness (QED) is 0.719. The van der Waals surface area contributed by atoms with E-state index < -0.39 is 0 Å². The molecule has 0 N–H and O–H groups in total. The number of piperazine rings is 1. The maximum atomic E-state index is 13.5. The molecular formula is C23H34ClN3O2. The summed E-state index contributed by atoms with van der Waals surface area (Å²) in [7, 11) is 1.72. The lowest BCUT2D eigenvalue weighted by atomic mass is 10.1. The van der Waals surface area contributed by atoms with Gasteiger partial charge in [-0.15, -0.1) is 12.4 Å². The lowest BCUT2D eigenvalue weighted by molar-refractivity contribution is 0.0530. The van der Waals surface area contributed by atoms with E-state index in [1.807, 2.05) is 17.0 Å². The fraction of sp³-hybridized carbons (Fsp3) is 0.609. The topological polar surface area (TPSA) is 37.7 Å². The standard InChI is InChI=1S/C23H33N3O2.ClH/c1-4-24-12-13-25(14-17(24)2)23(27)20-16-26(15-18-8-5-6-9-18)22-19(20)10-7-11-21(22)28-3;/h7,10-11,16-18H,4-6,8-9,12-15H2,1-3H3;1H/t17-;/m0./s1. The maximum Gasteiger partial charge on any atom is 0.256 e. The number of benzene rings is 1. The number of methoxy groups -OCH3 is 1. The first kappa shape index (κ1) is 22.0. The fourth-order valence-corrected chi connectivity index (χ4v) is 5.10. The fourth-order valence-electron chi connectivity index (χ4n) is 5.10. The maximum absolute atomic E-state index is 13.5. The molecule has 0 radical (unpaired) electrons. The summed E-state index contributed by atoms with van der Waals surface area (Å²) in [6.07, 6.45) is 7.31. The minimum absolute atomic E-state index is 0. The number of rotatable bonds is 5. The summed E-state index contributed by atoms with van der Waals surface area (Å²) in [5.41, 5.74) is 1.89. The summed E-state index contributed by atoms with van der Waals surface area (Å²) >= 11 is 0. The summed E-state index contributed by atoms with van der Waals surface area (Å²) < 4.78 is 7.95. The van der Waals surface area contributed by atoms with E-state index in [-0.39, 0.29) is 18.3 Å². The molecule has 2 aromatic rings. The highest BCUT2D eigenvalue weighted by Crippen LogP contribution is 2.34. The van der Waals surface area contributed by atoms with E-state index >= 15 is 0 Å². The van der Waals surface area contributed by atoms with Crippen LogP contribution in [-0.4, -0.2) is 59.6 Å². The lowest BCUT2D eigenvalue weighted by Crippen LogP contribution is -2.53. The second-order valence-corrected chi connectivity index (χ2v) is 8.43. The first-order chi connectivity index (χ1) is 13.6. The predicted octanol–water partition coefficient (Wildman–Crippen LogP) is 4.43. The average Bonchev–Trinajstić information content (AvgIpc) is 3.35. The van der Waals surface area contributed by atoms with Crippen LogP contribution in [0.15, 0.2) is 24.4 Å². The Balaban J connectivity index is 0.00000240. The molecule has 1 aliphatic carbocycles. The Bertz CT molecular complexity index is 844. The van der Waals surface area contributed by atoms with Crippen molar-refractivity contribution in [2.45, 2.75) is 52.1 Å². The van der Waals surface area contributed by atoms with Gasteiger partial charge in [-0.05, 0) is 38.3 Å². The summed E-state index contributed by atoms with van der Waals surface area (Å²) in [4.78, 5) is 17.9. The van der Waals surface area contributed by atoms with Crippen molar-refractivity contribution in [2.24, 2.45) is 5.92 Å². The lowest BCUT2D eigenvalue weighted by Gasteiger charge is -2.39. The van der Waals surface area contributed by atoms with Crippen LogP contribution in [0.1, 0.15) is 49.9 Å². The number of fused-ring (bicyclic) bond motifs is 1. The highest BCUT2D eigenvalue weighted by atomic mass is 35.5. The largest absolute Gasteiger partial charge is 0.495 e. The van der Waals surface area contributed by atoms with Gasteiger partial charge in [0.1, 0.15) is 5.75 Å². The molecular weight excluding hydrogens is 386 g/mol. The molecule has 5 nitrogen and oxygen atoms in total. The third-order valence-corrected chi connectivity index (χ3v) is 6.70. The Morgan fingerprint density at radius 1 is 1.21 bits per heavy atom. The number of ether oxygens (including phenoxy) is 1. The molecule has 2 fully saturated rings. The van der Waals surface area contributed by atoms with Crippen molar-refractivity contribution in [3.63, 3.8) is 0 Å². The van der Waals surface area contributed by atoms with Crippen LogP contribution < -0.4 is 4.74 Å². The zero-order valence-electron chi connectivity index (χ0n) is 17.9. The zero-order chi connectivity index (χ0) is 19.7. The Hall–Kier alpha value is -1.72. The van der Waals surface area contributed by atoms with Gasteiger partial charge in [-0.25, -0.2) is 0 Å². The van der Waals surface area contributed by atoms with Crippen molar-refractivity contribution >= 4 is 29.2 Å². The molecule has 160 valence electrons. The smallest absolute Gasteiger partial charge is 0.256 e. The van der Waals surface area contributed by atoms with Gasteiger partial charge >= 0.3 is 0 Å². The van der Waals surface area contributed by atoms with Crippen LogP contribution in [0.3, 0.4) is 0 Å². The van der Waals surface area contributed by atoms with Gasteiger partial charge in [0.25, 0.3) is 5.91 Å². The predicted molar refractivity (Wildman–Crippen MR) is 120 cm³/mol. The number of nitrogens with zero attached hydrogens (tertiary/aromatic N) is 3. The minimum Gasteiger partial charge on any atom is -0.495 e. The number of hydrogen-bond donors (Lipinski definition) is 0. The molecule has 2 aliphatic rings. The van der Waals surface area contributed by atoms with Crippen LogP contribution in [0.5, 0.6) is 5.75 Å². The monoisotopic (exact) mass is 419 g/mol. The van der Waals surface area contributed by atoms with Gasteiger partial charge < -0.3 is 14.2 Å². The number of amides is 1. The number of hydrogen-bond acceptors (Lipinski definition) is 3. The van der Waals surface area contributed by atoms with E-state index in [0.717, 1.165) is 54.9 Å². The molecule has 1 amide bonds.